The lowest BCUT2D eigenvalue weighted by atomic mass is 9.78. The second kappa shape index (κ2) is 19.2. The molecule has 6 N–H and O–H groups in total. The number of piperidine rings is 1. The molecule has 19 heteroatoms. The van der Waals surface area contributed by atoms with Crippen LogP contribution < -0.4 is 21.3 Å². The summed E-state index contributed by atoms with van der Waals surface area (Å²) in [7, 11) is 0. The Morgan fingerprint density at radius 3 is 2.28 bits per heavy atom. The van der Waals surface area contributed by atoms with Crippen molar-refractivity contribution in [2.75, 3.05) is 30.3 Å². The van der Waals surface area contributed by atoms with E-state index in [1.54, 1.807) is 29.9 Å². The number of phenolic OH excluding ortho intramolecular Hbond substituents is 1. The first-order chi connectivity index (χ1) is 32.6. The van der Waals surface area contributed by atoms with Gasteiger partial charge in [-0.25, -0.2) is 15.0 Å². The Morgan fingerprint density at radius 1 is 0.882 bits per heavy atom. The monoisotopic (exact) mass is 941 g/mol. The van der Waals surface area contributed by atoms with Gasteiger partial charge in [-0.1, -0.05) is 39.0 Å². The molecule has 356 valence electrons. The van der Waals surface area contributed by atoms with Crippen molar-refractivity contribution in [3.8, 4) is 27.6 Å². The number of carbonyl (C=O) groups excluding carboxylic acids is 3. The Bertz CT molecular complexity index is 2780. The molecule has 0 spiro atoms. The number of pyridine rings is 1. The van der Waals surface area contributed by atoms with Gasteiger partial charge in [0.1, 0.15) is 17.8 Å². The van der Waals surface area contributed by atoms with Gasteiger partial charge in [0, 0.05) is 56.1 Å². The number of nitrogens with one attached hydrogen (secondary N) is 2. The Balaban J connectivity index is 0.773. The second-order valence-electron chi connectivity index (χ2n) is 19.6. The molecule has 1 saturated carbocycles. The van der Waals surface area contributed by atoms with E-state index in [2.05, 4.69) is 40.8 Å². The van der Waals surface area contributed by atoms with Crippen molar-refractivity contribution in [2.45, 2.75) is 116 Å². The maximum Gasteiger partial charge on any atom is 0.246 e. The highest BCUT2D eigenvalue weighted by Gasteiger charge is 2.45. The quantitative estimate of drug-likeness (QED) is 0.102. The van der Waals surface area contributed by atoms with Crippen molar-refractivity contribution in [2.24, 2.45) is 11.3 Å². The first-order valence-electron chi connectivity index (χ1n) is 23.4. The molecular formula is C49H59N13O5S. The van der Waals surface area contributed by atoms with E-state index in [-0.39, 0.29) is 54.3 Å². The van der Waals surface area contributed by atoms with E-state index in [1.807, 2.05) is 76.0 Å². The normalized spacial score (nSPS) is 21.1. The fraction of sp³-hybridized carbons (Fsp3) is 0.469. The number of para-hydroxylation sites is 1. The number of likely N-dealkylation sites (tertiary alicyclic amines) is 1. The molecule has 5 aromatic heterocycles. The number of rotatable bonds is 11. The summed E-state index contributed by atoms with van der Waals surface area (Å²) in [6.45, 7) is 10.9. The lowest BCUT2D eigenvalue weighted by Crippen LogP contribution is -2.58. The number of aliphatic hydroxyl groups excluding tert-OH is 1. The summed E-state index contributed by atoms with van der Waals surface area (Å²) < 4.78 is 1.93. The second-order valence-corrected chi connectivity index (χ2v) is 20.4. The molecule has 68 heavy (non-hydrogen) atoms. The maximum atomic E-state index is 14.3. The van der Waals surface area contributed by atoms with E-state index < -0.39 is 29.6 Å². The number of hydrogen-bond acceptors (Lipinski definition) is 15. The van der Waals surface area contributed by atoms with Crippen LogP contribution in [0.4, 0.5) is 11.8 Å². The molecule has 1 aromatic carbocycles. The molecule has 3 fully saturated rings. The molecule has 0 unspecified atom stereocenters. The van der Waals surface area contributed by atoms with Gasteiger partial charge in [-0.05, 0) is 99.1 Å². The fourth-order valence-electron chi connectivity index (χ4n) is 9.88. The summed E-state index contributed by atoms with van der Waals surface area (Å²) in [4.78, 5) is 65.1. The smallest absolute Gasteiger partial charge is 0.246 e. The number of β-amino-alcohol motifs (C(OH)–C–C–N with tert-alkyl or cyclic N) is 1. The Morgan fingerprint density at radius 2 is 1.62 bits per heavy atom. The first kappa shape index (κ1) is 46.5. The average Bonchev–Trinajstić information content (AvgIpc) is 4.06. The van der Waals surface area contributed by atoms with Gasteiger partial charge in [0.05, 0.1) is 51.2 Å². The van der Waals surface area contributed by atoms with Crippen molar-refractivity contribution in [1.29, 1.82) is 0 Å². The number of fused-ring (bicyclic) bond motifs is 1. The Labute approximate surface area is 398 Å². The van der Waals surface area contributed by atoms with Gasteiger partial charge in [0.2, 0.25) is 23.7 Å². The third-order valence-electron chi connectivity index (χ3n) is 13.9. The molecule has 2 saturated heterocycles. The van der Waals surface area contributed by atoms with Gasteiger partial charge in [-0.15, -0.1) is 21.5 Å². The molecule has 4 atom stereocenters. The topological polar surface area (TPSA) is 243 Å². The van der Waals surface area contributed by atoms with Crippen LogP contribution in [0.3, 0.4) is 0 Å². The molecule has 2 aliphatic heterocycles. The van der Waals surface area contributed by atoms with Crippen LogP contribution in [0.5, 0.6) is 5.75 Å². The minimum Gasteiger partial charge on any atom is -0.507 e. The van der Waals surface area contributed by atoms with Crippen LogP contribution in [0.25, 0.3) is 32.9 Å². The van der Waals surface area contributed by atoms with Gasteiger partial charge in [-0.2, -0.15) is 5.10 Å². The summed E-state index contributed by atoms with van der Waals surface area (Å²) in [5.41, 5.74) is 13.4. The zero-order valence-electron chi connectivity index (χ0n) is 39.0. The third kappa shape index (κ3) is 9.58. The number of amides is 3. The first-order valence-corrected chi connectivity index (χ1v) is 24.3. The number of aromatic nitrogens is 8. The summed E-state index contributed by atoms with van der Waals surface area (Å²) in [6.07, 6.45) is 9.21. The molecule has 3 amide bonds. The predicted octanol–water partition coefficient (Wildman–Crippen LogP) is 5.88. The maximum absolute atomic E-state index is 14.3. The standard InChI is InChI=1S/C49H59N13O5S/c1-27(31-14-15-36(51-22-31)42-28(2)54-26-68-42)55-46(66)39-20-34(63)25-61(39)47(67)43(49(3,4)5)56-45(65)30-12-10-29(11-13-30)32-23-52-48(53-24-32)60-18-16-33(17-19-60)62-38-21-37(35-8-6-7-9-40(35)64)57-58-41(38)44(50)59-62/h6-9,14-15,21-24,26-27,29-30,33-34,39,43,63-64H,10-13,16-20,25H2,1-5H3,(H2,50,59)(H,55,66)(H,56,65)/t27-,29?,30?,34+,39-,43+/m0/s1. The number of nitrogens with two attached hydrogens (primary N) is 1. The molecule has 0 bridgehead atoms. The molecule has 3 aliphatic rings. The van der Waals surface area contributed by atoms with Crippen LogP contribution in [0.1, 0.15) is 107 Å². The van der Waals surface area contributed by atoms with Crippen molar-refractivity contribution in [3.05, 3.63) is 83.4 Å². The lowest BCUT2D eigenvalue weighted by molar-refractivity contribution is -0.144. The van der Waals surface area contributed by atoms with Crippen LogP contribution in [-0.2, 0) is 14.4 Å². The number of nitrogen functional groups attached to an aromatic ring is 1. The van der Waals surface area contributed by atoms with Crippen LogP contribution in [0.2, 0.25) is 0 Å². The van der Waals surface area contributed by atoms with Crippen molar-refractivity contribution in [3.63, 3.8) is 0 Å². The van der Waals surface area contributed by atoms with Crippen molar-refractivity contribution < 1.29 is 24.6 Å². The van der Waals surface area contributed by atoms with Crippen molar-refractivity contribution >= 4 is 51.9 Å². The zero-order chi connectivity index (χ0) is 47.9. The van der Waals surface area contributed by atoms with Gasteiger partial charge in [0.15, 0.2) is 11.3 Å². The number of aryl methyl sites for hydroxylation is 1. The van der Waals surface area contributed by atoms with E-state index in [1.165, 1.54) is 16.2 Å². The van der Waals surface area contributed by atoms with Gasteiger partial charge < -0.3 is 36.4 Å². The van der Waals surface area contributed by atoms with Crippen LogP contribution in [0.15, 0.2) is 66.6 Å². The minimum atomic E-state index is -0.905. The summed E-state index contributed by atoms with van der Waals surface area (Å²) in [5.74, 6) is 0.100. The minimum absolute atomic E-state index is 0.000313. The van der Waals surface area contributed by atoms with Gasteiger partial charge in [0.25, 0.3) is 0 Å². The Kier molecular flexibility index (Phi) is 13.1. The van der Waals surface area contributed by atoms with Crippen molar-refractivity contribution in [1.82, 2.24) is 55.4 Å². The number of benzene rings is 1. The highest BCUT2D eigenvalue weighted by molar-refractivity contribution is 7.13. The number of anilines is 2. The molecule has 0 radical (unpaired) electrons. The number of nitrogens with zero attached hydrogens (tertiary/aromatic N) is 10. The average molecular weight is 942 g/mol. The van der Waals surface area contributed by atoms with Crippen LogP contribution in [0, 0.1) is 18.3 Å². The SMILES string of the molecule is Cc1ncsc1-c1ccc([C@H](C)NC(=O)[C@@H]2C[C@@H](O)CN2C(=O)[C@@H](NC(=O)C2CCC(c3cnc(N4CCC(n5nc(N)c6nnc(-c7ccccc7O)cc65)CC4)nc3)CC2)C(C)(C)C)cn1. The molecule has 6 aromatic rings. The summed E-state index contributed by atoms with van der Waals surface area (Å²) in [6, 6.07) is 10.6. The van der Waals surface area contributed by atoms with E-state index in [9.17, 15) is 24.6 Å². The highest BCUT2D eigenvalue weighted by atomic mass is 32.1. The summed E-state index contributed by atoms with van der Waals surface area (Å²) in [5, 5.41) is 40.6. The molecule has 1 aliphatic carbocycles. The summed E-state index contributed by atoms with van der Waals surface area (Å²) >= 11 is 1.52. The predicted molar refractivity (Wildman–Crippen MR) is 258 cm³/mol. The van der Waals surface area contributed by atoms with E-state index in [0.717, 1.165) is 71.7 Å². The zero-order valence-corrected chi connectivity index (χ0v) is 39.9. The molecular weight excluding hydrogens is 883 g/mol. The molecule has 7 heterocycles. The number of aromatic hydroxyl groups is 1. The van der Waals surface area contributed by atoms with E-state index >= 15 is 0 Å². The van der Waals surface area contributed by atoms with E-state index in [4.69, 9.17) is 15.7 Å². The largest absolute Gasteiger partial charge is 0.507 e. The van der Waals surface area contributed by atoms with Crippen LogP contribution in [-0.4, -0.2) is 111 Å². The fourth-order valence-corrected chi connectivity index (χ4v) is 10.7. The van der Waals surface area contributed by atoms with Gasteiger partial charge >= 0.3 is 0 Å². The number of aliphatic hydroxyl groups is 1. The lowest BCUT2D eigenvalue weighted by Gasteiger charge is -2.37. The molecule has 9 rings (SSSR count). The number of thiazole rings is 1. The number of hydrogen-bond donors (Lipinski definition) is 5. The molecule has 18 nitrogen and oxygen atoms in total. The Hall–Kier alpha value is -6.60. The van der Waals surface area contributed by atoms with Crippen LogP contribution >= 0.6 is 11.3 Å². The number of carbonyl (C=O) groups is 3. The van der Waals surface area contributed by atoms with Gasteiger partial charge in [-0.3, -0.25) is 24.0 Å². The third-order valence-corrected chi connectivity index (χ3v) is 14.8. The number of phenols is 1. The highest BCUT2D eigenvalue weighted by Crippen LogP contribution is 2.38. The van der Waals surface area contributed by atoms with E-state index in [0.29, 0.717) is 41.4 Å².